The lowest BCUT2D eigenvalue weighted by Gasteiger charge is -2.32. The van der Waals surface area contributed by atoms with Gasteiger partial charge in [-0.3, -0.25) is 13.9 Å². The van der Waals surface area contributed by atoms with Crippen molar-refractivity contribution in [3.63, 3.8) is 0 Å². The number of hydrogen-bond acceptors (Lipinski definition) is 6. The lowest BCUT2D eigenvalue weighted by Crippen LogP contribution is -2.51. The monoisotopic (exact) mass is 611 g/mol. The number of sulfonamides is 1. The summed E-state index contributed by atoms with van der Waals surface area (Å²) in [5, 5.41) is 2.91. The van der Waals surface area contributed by atoms with Gasteiger partial charge in [0.2, 0.25) is 11.8 Å². The van der Waals surface area contributed by atoms with Gasteiger partial charge in [-0.05, 0) is 93.1 Å². The van der Waals surface area contributed by atoms with Crippen LogP contribution in [0.25, 0.3) is 0 Å². The van der Waals surface area contributed by atoms with Crippen LogP contribution >= 0.6 is 11.8 Å². The maximum Gasteiger partial charge on any atom is 0.264 e. The molecule has 0 aromatic heterocycles. The van der Waals surface area contributed by atoms with E-state index >= 15 is 0 Å². The van der Waals surface area contributed by atoms with E-state index in [-0.39, 0.29) is 17.3 Å². The summed E-state index contributed by atoms with van der Waals surface area (Å²) in [7, 11) is -4.14. The molecule has 8 nitrogen and oxygen atoms in total. The fraction of sp³-hybridized carbons (Fsp3) is 0.375. The Labute approximate surface area is 254 Å². The van der Waals surface area contributed by atoms with Gasteiger partial charge in [0, 0.05) is 18.0 Å². The molecule has 0 bridgehead atoms. The van der Waals surface area contributed by atoms with E-state index in [2.05, 4.69) is 5.32 Å². The molecule has 42 heavy (non-hydrogen) atoms. The summed E-state index contributed by atoms with van der Waals surface area (Å²) >= 11 is 1.51. The van der Waals surface area contributed by atoms with E-state index in [1.807, 2.05) is 51.3 Å². The summed E-state index contributed by atoms with van der Waals surface area (Å²) in [6.07, 6.45) is 3.66. The van der Waals surface area contributed by atoms with Crippen molar-refractivity contribution in [1.82, 2.24) is 10.2 Å². The minimum absolute atomic E-state index is 0.0674. The van der Waals surface area contributed by atoms with Crippen LogP contribution in [0, 0.1) is 6.92 Å². The van der Waals surface area contributed by atoms with Crippen LogP contribution in [0.3, 0.4) is 0 Å². The third kappa shape index (κ3) is 8.51. The van der Waals surface area contributed by atoms with Crippen molar-refractivity contribution >= 4 is 39.3 Å². The molecule has 0 radical (unpaired) electrons. The molecule has 1 unspecified atom stereocenters. The van der Waals surface area contributed by atoms with Gasteiger partial charge in [0.15, 0.2) is 0 Å². The van der Waals surface area contributed by atoms with Crippen LogP contribution in [-0.2, 0) is 26.2 Å². The van der Waals surface area contributed by atoms with Crippen LogP contribution in [0.15, 0.2) is 82.6 Å². The van der Waals surface area contributed by atoms with Crippen LogP contribution in [0.5, 0.6) is 5.75 Å². The Morgan fingerprint density at radius 3 is 2.24 bits per heavy atom. The largest absolute Gasteiger partial charge is 0.494 e. The van der Waals surface area contributed by atoms with Gasteiger partial charge in [-0.2, -0.15) is 0 Å². The normalized spacial score (nSPS) is 11.9. The van der Waals surface area contributed by atoms with Crippen molar-refractivity contribution in [2.75, 3.05) is 30.3 Å². The number of ether oxygens (including phenoxy) is 1. The molecule has 1 atom stereocenters. The molecule has 3 aromatic rings. The standard InChI is InChI=1S/C32H41N3O5S2/c1-6-8-21-33-32(37)25(4)34(22-26-12-10-9-11-24(26)3)31(36)23-35(27-13-15-28(16-14-27)40-7-2)42(38,39)30-19-17-29(41-5)18-20-30/h9-20,25H,6-8,21-23H2,1-5H3,(H,33,37). The van der Waals surface area contributed by atoms with Crippen LogP contribution in [0.4, 0.5) is 5.69 Å². The molecule has 1 N–H and O–H groups in total. The fourth-order valence-corrected chi connectivity index (χ4v) is 6.19. The minimum Gasteiger partial charge on any atom is -0.494 e. The van der Waals surface area contributed by atoms with Crippen molar-refractivity contribution in [3.8, 4) is 5.75 Å². The number of hydrogen-bond donors (Lipinski definition) is 1. The molecule has 226 valence electrons. The second-order valence-electron chi connectivity index (χ2n) is 9.88. The average molecular weight is 612 g/mol. The van der Waals surface area contributed by atoms with E-state index in [1.165, 1.54) is 16.7 Å². The molecule has 0 fully saturated rings. The minimum atomic E-state index is -4.14. The van der Waals surface area contributed by atoms with Crippen molar-refractivity contribution < 1.29 is 22.7 Å². The third-order valence-electron chi connectivity index (χ3n) is 6.96. The molecule has 0 aliphatic carbocycles. The number of unbranched alkanes of at least 4 members (excludes halogenated alkanes) is 1. The van der Waals surface area contributed by atoms with E-state index in [1.54, 1.807) is 55.5 Å². The zero-order valence-electron chi connectivity index (χ0n) is 25.0. The fourth-order valence-electron chi connectivity index (χ4n) is 4.37. The summed E-state index contributed by atoms with van der Waals surface area (Å²) < 4.78 is 34.7. The van der Waals surface area contributed by atoms with E-state index < -0.39 is 28.5 Å². The highest BCUT2D eigenvalue weighted by Gasteiger charge is 2.32. The summed E-state index contributed by atoms with van der Waals surface area (Å²) in [5.74, 6) is -0.184. The van der Waals surface area contributed by atoms with Crippen molar-refractivity contribution in [1.29, 1.82) is 0 Å². The number of rotatable bonds is 15. The number of anilines is 1. The maximum absolute atomic E-state index is 14.1. The first-order chi connectivity index (χ1) is 20.1. The van der Waals surface area contributed by atoms with Gasteiger partial charge in [0.25, 0.3) is 10.0 Å². The van der Waals surface area contributed by atoms with Crippen LogP contribution in [0.2, 0.25) is 0 Å². The molecule has 2 amide bonds. The number of thioether (sulfide) groups is 1. The molecule has 10 heteroatoms. The van der Waals surface area contributed by atoms with E-state index in [4.69, 9.17) is 4.74 Å². The SMILES string of the molecule is CCCCNC(=O)C(C)N(Cc1ccccc1C)C(=O)CN(c1ccc(OCC)cc1)S(=O)(=O)c1ccc(SC)cc1. The highest BCUT2D eigenvalue weighted by atomic mass is 32.2. The number of carbonyl (C=O) groups excluding carboxylic acids is 2. The van der Waals surface area contributed by atoms with E-state index in [0.29, 0.717) is 24.6 Å². The number of amides is 2. The average Bonchev–Trinajstić information content (AvgIpc) is 2.99. The second kappa shape index (κ2) is 15.7. The number of nitrogens with one attached hydrogen (secondary N) is 1. The van der Waals surface area contributed by atoms with Crippen LogP contribution < -0.4 is 14.4 Å². The van der Waals surface area contributed by atoms with Gasteiger partial charge in [-0.15, -0.1) is 11.8 Å². The number of benzene rings is 3. The summed E-state index contributed by atoms with van der Waals surface area (Å²) in [5.41, 5.74) is 2.16. The first kappa shape index (κ1) is 33.0. The van der Waals surface area contributed by atoms with Crippen molar-refractivity contribution in [3.05, 3.63) is 83.9 Å². The maximum atomic E-state index is 14.1. The Morgan fingerprint density at radius 1 is 0.976 bits per heavy atom. The Morgan fingerprint density at radius 2 is 1.64 bits per heavy atom. The predicted octanol–water partition coefficient (Wildman–Crippen LogP) is 5.64. The quantitative estimate of drug-likeness (QED) is 0.176. The third-order valence-corrected chi connectivity index (χ3v) is 9.49. The Bertz CT molecular complexity index is 1430. The number of carbonyl (C=O) groups is 2. The highest BCUT2D eigenvalue weighted by Crippen LogP contribution is 2.28. The summed E-state index contributed by atoms with van der Waals surface area (Å²) in [6, 6.07) is 20.0. The highest BCUT2D eigenvalue weighted by molar-refractivity contribution is 7.98. The lowest BCUT2D eigenvalue weighted by atomic mass is 10.1. The van der Waals surface area contributed by atoms with E-state index in [9.17, 15) is 18.0 Å². The molecular weight excluding hydrogens is 571 g/mol. The zero-order valence-corrected chi connectivity index (χ0v) is 26.6. The molecule has 0 heterocycles. The predicted molar refractivity (Wildman–Crippen MR) is 169 cm³/mol. The summed E-state index contributed by atoms with van der Waals surface area (Å²) in [6.45, 7) is 8.16. The Balaban J connectivity index is 2.02. The number of nitrogens with zero attached hydrogens (tertiary/aromatic N) is 2. The number of aryl methyl sites for hydroxylation is 1. The lowest BCUT2D eigenvalue weighted by molar-refractivity contribution is -0.139. The molecule has 0 spiro atoms. The molecule has 3 aromatic carbocycles. The molecular formula is C32H41N3O5S2. The molecule has 0 saturated carbocycles. The molecule has 0 aliphatic heterocycles. The molecule has 3 rings (SSSR count). The second-order valence-corrected chi connectivity index (χ2v) is 12.6. The topological polar surface area (TPSA) is 96.0 Å². The Kier molecular flexibility index (Phi) is 12.3. The van der Waals surface area contributed by atoms with E-state index in [0.717, 1.165) is 33.2 Å². The van der Waals surface area contributed by atoms with Crippen LogP contribution in [-0.4, -0.2) is 57.1 Å². The van der Waals surface area contributed by atoms with Gasteiger partial charge in [-0.1, -0.05) is 37.6 Å². The van der Waals surface area contributed by atoms with Gasteiger partial charge >= 0.3 is 0 Å². The Hall–Kier alpha value is -3.50. The molecule has 0 aliphatic rings. The first-order valence-electron chi connectivity index (χ1n) is 14.1. The zero-order chi connectivity index (χ0) is 30.7. The van der Waals surface area contributed by atoms with Crippen molar-refractivity contribution in [2.24, 2.45) is 0 Å². The smallest absolute Gasteiger partial charge is 0.264 e. The first-order valence-corrected chi connectivity index (χ1v) is 16.8. The van der Waals surface area contributed by atoms with Gasteiger partial charge in [0.05, 0.1) is 17.2 Å². The van der Waals surface area contributed by atoms with Gasteiger partial charge in [-0.25, -0.2) is 8.42 Å². The van der Waals surface area contributed by atoms with Crippen LogP contribution in [0.1, 0.15) is 44.7 Å². The van der Waals surface area contributed by atoms with Gasteiger partial charge < -0.3 is 15.0 Å². The summed E-state index contributed by atoms with van der Waals surface area (Å²) in [4.78, 5) is 29.6. The molecule has 0 saturated heterocycles. The van der Waals surface area contributed by atoms with Crippen molar-refractivity contribution in [2.45, 2.75) is 62.9 Å². The van der Waals surface area contributed by atoms with Gasteiger partial charge in [0.1, 0.15) is 18.3 Å².